The number of carbonyl (C=O) groups is 1. The molecule has 5 nitrogen and oxygen atoms in total. The molecule has 0 saturated heterocycles. The predicted octanol–water partition coefficient (Wildman–Crippen LogP) is 5.76. The maximum atomic E-state index is 13.2. The number of methoxy groups -OCH3 is 1. The number of nitrogens with zero attached hydrogens (tertiary/aromatic N) is 2. The van der Waals surface area contributed by atoms with E-state index >= 15 is 0 Å². The minimum atomic E-state index is -0.370. The van der Waals surface area contributed by atoms with Crippen LogP contribution >= 0.6 is 23.2 Å². The van der Waals surface area contributed by atoms with Gasteiger partial charge >= 0.3 is 0 Å². The van der Waals surface area contributed by atoms with E-state index in [1.807, 2.05) is 73.7 Å². The Labute approximate surface area is 217 Å². The topological polar surface area (TPSA) is 53.9 Å². The van der Waals surface area contributed by atoms with Gasteiger partial charge in [0.2, 0.25) is 5.91 Å². The lowest BCUT2D eigenvalue weighted by atomic mass is 9.91. The van der Waals surface area contributed by atoms with E-state index in [0.717, 1.165) is 46.8 Å². The molecule has 0 bridgehead atoms. The van der Waals surface area contributed by atoms with Crippen molar-refractivity contribution in [1.82, 2.24) is 5.43 Å². The molecule has 3 aromatic rings. The van der Waals surface area contributed by atoms with Crippen LogP contribution in [0.1, 0.15) is 28.2 Å². The molecule has 3 aromatic carbocycles. The third-order valence-corrected chi connectivity index (χ3v) is 6.16. The Bertz CT molecular complexity index is 1100. The first-order valence-corrected chi connectivity index (χ1v) is 12.6. The molecule has 0 aliphatic rings. The lowest BCUT2D eigenvalue weighted by Crippen LogP contribution is -2.27. The highest BCUT2D eigenvalue weighted by molar-refractivity contribution is 6.18. The summed E-state index contributed by atoms with van der Waals surface area (Å²) in [7, 11) is 1.64. The highest BCUT2D eigenvalue weighted by Gasteiger charge is 2.21. The Balaban J connectivity index is 1.72. The molecule has 0 radical (unpaired) electrons. The Kier molecular flexibility index (Phi) is 10.5. The van der Waals surface area contributed by atoms with Gasteiger partial charge in [0.25, 0.3) is 0 Å². The number of benzene rings is 3. The van der Waals surface area contributed by atoms with Crippen molar-refractivity contribution < 1.29 is 9.53 Å². The molecule has 0 saturated carbocycles. The molecule has 1 atom stereocenters. The summed E-state index contributed by atoms with van der Waals surface area (Å²) in [6.07, 6.45) is 2.24. The zero-order valence-electron chi connectivity index (χ0n) is 20.1. The van der Waals surface area contributed by atoms with E-state index in [0.29, 0.717) is 18.2 Å². The number of hydrogen-bond donors (Lipinski definition) is 1. The van der Waals surface area contributed by atoms with E-state index in [1.165, 1.54) is 0 Å². The lowest BCUT2D eigenvalue weighted by Gasteiger charge is -2.23. The number of nitrogens with one attached hydrogen (secondary N) is 1. The number of carbonyl (C=O) groups excluding carboxylic acids is 1. The smallest absolute Gasteiger partial charge is 0.247 e. The zero-order valence-corrected chi connectivity index (χ0v) is 21.6. The van der Waals surface area contributed by atoms with Gasteiger partial charge in [0.1, 0.15) is 5.75 Å². The normalized spacial score (nSPS) is 11.9. The molecular weight excluding hydrogens is 481 g/mol. The van der Waals surface area contributed by atoms with Gasteiger partial charge < -0.3 is 9.64 Å². The van der Waals surface area contributed by atoms with Crippen molar-refractivity contribution in [3.8, 4) is 5.75 Å². The van der Waals surface area contributed by atoms with Crippen LogP contribution in [0.25, 0.3) is 0 Å². The van der Waals surface area contributed by atoms with Crippen molar-refractivity contribution in [1.29, 1.82) is 0 Å². The molecule has 7 heteroatoms. The summed E-state index contributed by atoms with van der Waals surface area (Å²) in [6.45, 7) is 3.47. The molecule has 1 amide bonds. The number of hydrogen-bond acceptors (Lipinski definition) is 4. The molecule has 0 aromatic heterocycles. The van der Waals surface area contributed by atoms with Gasteiger partial charge in [0.05, 0.1) is 19.2 Å². The Morgan fingerprint density at radius 1 is 1.03 bits per heavy atom. The average Bonchev–Trinajstić information content (AvgIpc) is 2.89. The zero-order chi connectivity index (χ0) is 25.0. The first-order valence-electron chi connectivity index (χ1n) is 11.5. The third-order valence-electron chi connectivity index (χ3n) is 5.82. The highest BCUT2D eigenvalue weighted by atomic mass is 35.5. The summed E-state index contributed by atoms with van der Waals surface area (Å²) in [5, 5.41) is 4.26. The van der Waals surface area contributed by atoms with Crippen molar-refractivity contribution in [3.63, 3.8) is 0 Å². The standard InChI is InChI=1S/C28H31Cl2N3O2/c1-21-18-25(33(16-14-29)17-15-30)11-10-24(21)20-31-32-28(34)27(23-6-4-3-5-7-23)19-22-8-12-26(35-2)13-9-22/h3-13,18,20,27H,14-17,19H2,1-2H3,(H,32,34). The Hall–Kier alpha value is -3.02. The van der Waals surface area contributed by atoms with Gasteiger partial charge in [-0.2, -0.15) is 5.10 Å². The summed E-state index contributed by atoms with van der Waals surface area (Å²) >= 11 is 11.9. The van der Waals surface area contributed by atoms with Gasteiger partial charge in [-0.3, -0.25) is 4.79 Å². The fourth-order valence-electron chi connectivity index (χ4n) is 3.86. The van der Waals surface area contributed by atoms with Crippen LogP contribution in [0.2, 0.25) is 0 Å². The summed E-state index contributed by atoms with van der Waals surface area (Å²) in [6, 6.07) is 23.6. The van der Waals surface area contributed by atoms with Crippen LogP contribution in [-0.4, -0.2) is 44.1 Å². The van der Waals surface area contributed by atoms with Gasteiger partial charge in [0.15, 0.2) is 0 Å². The number of rotatable bonds is 12. The number of anilines is 1. The molecule has 0 aliphatic carbocycles. The molecule has 1 N–H and O–H groups in total. The number of hydrazone groups is 1. The minimum absolute atomic E-state index is 0.159. The molecule has 0 aliphatic heterocycles. The van der Waals surface area contributed by atoms with Crippen molar-refractivity contribution in [3.05, 3.63) is 95.1 Å². The van der Waals surface area contributed by atoms with Crippen LogP contribution in [0.4, 0.5) is 5.69 Å². The first-order chi connectivity index (χ1) is 17.0. The molecule has 184 valence electrons. The second kappa shape index (κ2) is 13.8. The van der Waals surface area contributed by atoms with E-state index in [2.05, 4.69) is 21.5 Å². The number of amides is 1. The van der Waals surface area contributed by atoms with E-state index in [1.54, 1.807) is 13.3 Å². The van der Waals surface area contributed by atoms with Gasteiger partial charge in [-0.15, -0.1) is 23.2 Å². The number of alkyl halides is 2. The van der Waals surface area contributed by atoms with Crippen molar-refractivity contribution in [2.24, 2.45) is 5.10 Å². The first kappa shape index (κ1) is 26.6. The van der Waals surface area contributed by atoms with Crippen molar-refractivity contribution in [2.45, 2.75) is 19.3 Å². The molecule has 35 heavy (non-hydrogen) atoms. The van der Waals surface area contributed by atoms with Crippen LogP contribution in [0.3, 0.4) is 0 Å². The van der Waals surface area contributed by atoms with Crippen LogP contribution in [0, 0.1) is 6.92 Å². The highest BCUT2D eigenvalue weighted by Crippen LogP contribution is 2.23. The van der Waals surface area contributed by atoms with Crippen molar-refractivity contribution >= 4 is 41.0 Å². The van der Waals surface area contributed by atoms with Crippen LogP contribution in [0.5, 0.6) is 5.75 Å². The SMILES string of the molecule is COc1ccc(CC(C(=O)NN=Cc2ccc(N(CCCl)CCCl)cc2C)c2ccccc2)cc1. The van der Waals surface area contributed by atoms with Crippen LogP contribution in [0.15, 0.2) is 77.9 Å². The van der Waals surface area contributed by atoms with E-state index in [-0.39, 0.29) is 11.8 Å². The minimum Gasteiger partial charge on any atom is -0.497 e. The fraction of sp³-hybridized carbons (Fsp3) is 0.286. The maximum absolute atomic E-state index is 13.2. The predicted molar refractivity (Wildman–Crippen MR) is 146 cm³/mol. The third kappa shape index (κ3) is 7.74. The second-order valence-electron chi connectivity index (χ2n) is 8.16. The Morgan fingerprint density at radius 3 is 2.31 bits per heavy atom. The van der Waals surface area contributed by atoms with Crippen LogP contribution < -0.4 is 15.1 Å². The van der Waals surface area contributed by atoms with E-state index < -0.39 is 0 Å². The fourth-order valence-corrected chi connectivity index (χ4v) is 4.27. The molecule has 0 fully saturated rings. The Morgan fingerprint density at radius 2 is 1.71 bits per heavy atom. The molecule has 1 unspecified atom stereocenters. The number of aryl methyl sites for hydroxylation is 1. The van der Waals surface area contributed by atoms with Gasteiger partial charge in [0, 0.05) is 30.5 Å². The van der Waals surface area contributed by atoms with Crippen LogP contribution in [-0.2, 0) is 11.2 Å². The molecule has 0 heterocycles. The molecule has 0 spiro atoms. The molecular formula is C28H31Cl2N3O2. The second-order valence-corrected chi connectivity index (χ2v) is 8.91. The molecule has 3 rings (SSSR count). The largest absolute Gasteiger partial charge is 0.497 e. The van der Waals surface area contributed by atoms with Crippen molar-refractivity contribution in [2.75, 3.05) is 36.9 Å². The summed E-state index contributed by atoms with van der Waals surface area (Å²) in [5.41, 5.74) is 7.76. The van der Waals surface area contributed by atoms with Gasteiger partial charge in [-0.25, -0.2) is 5.43 Å². The van der Waals surface area contributed by atoms with E-state index in [4.69, 9.17) is 27.9 Å². The maximum Gasteiger partial charge on any atom is 0.247 e. The van der Waals surface area contributed by atoms with Gasteiger partial charge in [-0.1, -0.05) is 48.5 Å². The van der Waals surface area contributed by atoms with E-state index in [9.17, 15) is 4.79 Å². The summed E-state index contributed by atoms with van der Waals surface area (Å²) < 4.78 is 5.24. The monoisotopic (exact) mass is 511 g/mol. The average molecular weight is 512 g/mol. The number of ether oxygens (including phenoxy) is 1. The lowest BCUT2D eigenvalue weighted by molar-refractivity contribution is -0.122. The van der Waals surface area contributed by atoms with Gasteiger partial charge in [-0.05, 0) is 59.9 Å². The summed E-state index contributed by atoms with van der Waals surface area (Å²) in [5.74, 6) is 1.32. The number of halogens is 2. The quantitative estimate of drug-likeness (QED) is 0.191. The summed E-state index contributed by atoms with van der Waals surface area (Å²) in [4.78, 5) is 15.3.